The van der Waals surface area contributed by atoms with Crippen LogP contribution in [0.5, 0.6) is 0 Å². The standard InChI is InChI=1S/C9H12O5/c1-2-14-9(12)8(11)6-3-4-13-5-7(6)10/h6H,2-5H2,1H3. The third-order valence-corrected chi connectivity index (χ3v) is 1.98. The lowest BCUT2D eigenvalue weighted by Crippen LogP contribution is -2.37. The van der Waals surface area contributed by atoms with Gasteiger partial charge in [0.05, 0.1) is 12.5 Å². The van der Waals surface area contributed by atoms with E-state index in [1.807, 2.05) is 0 Å². The maximum atomic E-state index is 11.3. The molecule has 0 spiro atoms. The van der Waals surface area contributed by atoms with E-state index in [1.54, 1.807) is 6.92 Å². The van der Waals surface area contributed by atoms with E-state index >= 15 is 0 Å². The Morgan fingerprint density at radius 3 is 2.86 bits per heavy atom. The SMILES string of the molecule is CCOC(=O)C(=O)C1CCOCC1=O. The van der Waals surface area contributed by atoms with Crippen molar-refractivity contribution in [2.24, 2.45) is 5.92 Å². The lowest BCUT2D eigenvalue weighted by molar-refractivity contribution is -0.158. The van der Waals surface area contributed by atoms with Gasteiger partial charge in [-0.1, -0.05) is 0 Å². The zero-order chi connectivity index (χ0) is 10.6. The van der Waals surface area contributed by atoms with Gasteiger partial charge in [-0.05, 0) is 13.3 Å². The molecule has 0 aromatic heterocycles. The van der Waals surface area contributed by atoms with Crippen LogP contribution in [0.15, 0.2) is 0 Å². The van der Waals surface area contributed by atoms with Crippen LogP contribution in [0.25, 0.3) is 0 Å². The molecule has 78 valence electrons. The van der Waals surface area contributed by atoms with Gasteiger partial charge in [0.15, 0.2) is 5.78 Å². The van der Waals surface area contributed by atoms with Gasteiger partial charge in [-0.25, -0.2) is 4.79 Å². The van der Waals surface area contributed by atoms with Crippen LogP contribution in [0.3, 0.4) is 0 Å². The Morgan fingerprint density at radius 1 is 1.57 bits per heavy atom. The van der Waals surface area contributed by atoms with Crippen LogP contribution in [0.1, 0.15) is 13.3 Å². The third-order valence-electron chi connectivity index (χ3n) is 1.98. The zero-order valence-electron chi connectivity index (χ0n) is 7.95. The van der Waals surface area contributed by atoms with Gasteiger partial charge in [0, 0.05) is 6.61 Å². The summed E-state index contributed by atoms with van der Waals surface area (Å²) in [5.41, 5.74) is 0. The minimum Gasteiger partial charge on any atom is -0.460 e. The summed E-state index contributed by atoms with van der Waals surface area (Å²) in [5.74, 6) is -2.87. The first-order valence-corrected chi connectivity index (χ1v) is 4.48. The van der Waals surface area contributed by atoms with Gasteiger partial charge >= 0.3 is 5.97 Å². The van der Waals surface area contributed by atoms with Gasteiger partial charge in [0.2, 0.25) is 0 Å². The molecule has 5 nitrogen and oxygen atoms in total. The minimum atomic E-state index is -0.923. The number of Topliss-reactive ketones (excluding diaryl/α,β-unsaturated/α-hetero) is 2. The molecule has 5 heteroatoms. The van der Waals surface area contributed by atoms with Crippen LogP contribution >= 0.6 is 0 Å². The first-order chi connectivity index (χ1) is 6.66. The highest BCUT2D eigenvalue weighted by Crippen LogP contribution is 2.13. The lowest BCUT2D eigenvalue weighted by Gasteiger charge is -2.18. The molecule has 0 radical (unpaired) electrons. The number of hydrogen-bond donors (Lipinski definition) is 0. The summed E-state index contributed by atoms with van der Waals surface area (Å²) in [6.45, 7) is 2.00. The molecule has 1 unspecified atom stereocenters. The van der Waals surface area contributed by atoms with Crippen molar-refractivity contribution in [1.82, 2.24) is 0 Å². The number of ether oxygens (including phenoxy) is 2. The van der Waals surface area contributed by atoms with Gasteiger partial charge in [0.25, 0.3) is 5.78 Å². The van der Waals surface area contributed by atoms with Gasteiger partial charge < -0.3 is 9.47 Å². The monoisotopic (exact) mass is 200 g/mol. The topological polar surface area (TPSA) is 69.7 Å². The Morgan fingerprint density at radius 2 is 2.29 bits per heavy atom. The molecule has 0 saturated carbocycles. The second kappa shape index (κ2) is 4.85. The maximum Gasteiger partial charge on any atom is 0.375 e. The van der Waals surface area contributed by atoms with Gasteiger partial charge in [-0.3, -0.25) is 9.59 Å². The zero-order valence-corrected chi connectivity index (χ0v) is 7.95. The molecule has 1 aliphatic heterocycles. The molecule has 14 heavy (non-hydrogen) atoms. The predicted molar refractivity (Wildman–Crippen MR) is 45.6 cm³/mol. The molecular formula is C9H12O5. The van der Waals surface area contributed by atoms with Crippen molar-refractivity contribution < 1.29 is 23.9 Å². The number of ketones is 2. The fourth-order valence-electron chi connectivity index (χ4n) is 1.26. The summed E-state index contributed by atoms with van der Waals surface area (Å²) < 4.78 is 9.37. The summed E-state index contributed by atoms with van der Waals surface area (Å²) in [4.78, 5) is 33.6. The quantitative estimate of drug-likeness (QED) is 0.356. The summed E-state index contributed by atoms with van der Waals surface area (Å²) in [6, 6.07) is 0. The highest BCUT2D eigenvalue weighted by atomic mass is 16.5. The Kier molecular flexibility index (Phi) is 3.76. The average molecular weight is 200 g/mol. The Labute approximate surface area is 81.4 Å². The number of carbonyl (C=O) groups excluding carboxylic acids is 3. The molecule has 0 amide bonds. The van der Waals surface area contributed by atoms with E-state index in [4.69, 9.17) is 4.74 Å². The molecule has 1 rings (SSSR count). The van der Waals surface area contributed by atoms with E-state index in [2.05, 4.69) is 4.74 Å². The Bertz CT molecular complexity index is 258. The summed E-state index contributed by atoms with van der Waals surface area (Å²) in [6.07, 6.45) is 0.274. The molecular weight excluding hydrogens is 188 g/mol. The van der Waals surface area contributed by atoms with E-state index < -0.39 is 17.7 Å². The highest BCUT2D eigenvalue weighted by Gasteiger charge is 2.34. The number of hydrogen-bond acceptors (Lipinski definition) is 5. The minimum absolute atomic E-state index is 0.0875. The summed E-state index contributed by atoms with van der Waals surface area (Å²) >= 11 is 0. The predicted octanol–water partition coefficient (Wildman–Crippen LogP) is -0.276. The van der Waals surface area contributed by atoms with Gasteiger partial charge in [0.1, 0.15) is 6.61 Å². The Balaban J connectivity index is 2.58. The van der Waals surface area contributed by atoms with Crippen molar-refractivity contribution in [2.45, 2.75) is 13.3 Å². The molecule has 1 aliphatic rings. The van der Waals surface area contributed by atoms with Crippen LogP contribution in [0.4, 0.5) is 0 Å². The van der Waals surface area contributed by atoms with Crippen molar-refractivity contribution in [3.8, 4) is 0 Å². The maximum absolute atomic E-state index is 11.3. The third kappa shape index (κ3) is 2.38. The number of esters is 1. The van der Waals surface area contributed by atoms with E-state index in [0.29, 0.717) is 6.61 Å². The summed E-state index contributed by atoms with van der Waals surface area (Å²) in [5, 5.41) is 0. The largest absolute Gasteiger partial charge is 0.460 e. The van der Waals surface area contributed by atoms with Crippen LogP contribution in [0, 0.1) is 5.92 Å². The second-order valence-corrected chi connectivity index (χ2v) is 2.94. The Hall–Kier alpha value is -1.23. The van der Waals surface area contributed by atoms with E-state index in [1.165, 1.54) is 0 Å². The molecule has 0 aromatic rings. The molecule has 0 aromatic carbocycles. The van der Waals surface area contributed by atoms with Gasteiger partial charge in [-0.2, -0.15) is 0 Å². The van der Waals surface area contributed by atoms with Crippen molar-refractivity contribution >= 4 is 17.5 Å². The van der Waals surface area contributed by atoms with E-state index in [-0.39, 0.29) is 25.4 Å². The smallest absolute Gasteiger partial charge is 0.375 e. The van der Waals surface area contributed by atoms with Crippen molar-refractivity contribution in [2.75, 3.05) is 19.8 Å². The molecule has 0 aliphatic carbocycles. The molecule has 0 bridgehead atoms. The van der Waals surface area contributed by atoms with Gasteiger partial charge in [-0.15, -0.1) is 0 Å². The normalized spacial score (nSPS) is 21.8. The lowest BCUT2D eigenvalue weighted by atomic mass is 9.94. The van der Waals surface area contributed by atoms with E-state index in [0.717, 1.165) is 0 Å². The molecule has 1 atom stereocenters. The summed E-state index contributed by atoms with van der Waals surface area (Å²) in [7, 11) is 0. The fraction of sp³-hybridized carbons (Fsp3) is 0.667. The van der Waals surface area contributed by atoms with Crippen LogP contribution < -0.4 is 0 Å². The molecule has 1 saturated heterocycles. The number of rotatable bonds is 3. The first kappa shape index (κ1) is 10.8. The van der Waals surface area contributed by atoms with Crippen LogP contribution in [-0.4, -0.2) is 37.4 Å². The van der Waals surface area contributed by atoms with Crippen molar-refractivity contribution in [3.63, 3.8) is 0 Å². The van der Waals surface area contributed by atoms with Crippen molar-refractivity contribution in [3.05, 3.63) is 0 Å². The first-order valence-electron chi connectivity index (χ1n) is 4.48. The average Bonchev–Trinajstić information content (AvgIpc) is 2.18. The molecule has 0 N–H and O–H groups in total. The fourth-order valence-corrected chi connectivity index (χ4v) is 1.26. The van der Waals surface area contributed by atoms with Crippen LogP contribution in [0.2, 0.25) is 0 Å². The van der Waals surface area contributed by atoms with E-state index in [9.17, 15) is 14.4 Å². The van der Waals surface area contributed by atoms with Crippen LogP contribution in [-0.2, 0) is 23.9 Å². The second-order valence-electron chi connectivity index (χ2n) is 2.94. The molecule has 1 heterocycles. The number of carbonyl (C=O) groups is 3. The highest BCUT2D eigenvalue weighted by molar-refractivity contribution is 6.38. The van der Waals surface area contributed by atoms with Crippen molar-refractivity contribution in [1.29, 1.82) is 0 Å². The molecule has 1 fully saturated rings.